The van der Waals surface area contributed by atoms with Crippen LogP contribution in [0.2, 0.25) is 0 Å². The van der Waals surface area contributed by atoms with Crippen molar-refractivity contribution in [3.05, 3.63) is 57.9 Å². The Morgan fingerprint density at radius 2 is 2.10 bits per heavy atom. The first-order valence-electron chi connectivity index (χ1n) is 6.51. The number of nitrogens with zero attached hydrogens (tertiary/aromatic N) is 1. The zero-order chi connectivity index (χ0) is 15.1. The van der Waals surface area contributed by atoms with E-state index in [0.29, 0.717) is 16.8 Å². The number of hydrogen-bond acceptors (Lipinski definition) is 3. The molecule has 0 bridgehead atoms. The molecule has 1 aromatic carbocycles. The number of fused-ring (bicyclic) bond motifs is 1. The van der Waals surface area contributed by atoms with Crippen molar-refractivity contribution in [2.75, 3.05) is 0 Å². The van der Waals surface area contributed by atoms with Gasteiger partial charge < -0.3 is 14.5 Å². The Bertz CT molecular complexity index is 885. The zero-order valence-electron chi connectivity index (χ0n) is 11.6. The lowest BCUT2D eigenvalue weighted by Crippen LogP contribution is -2.20. The third-order valence-electron chi connectivity index (χ3n) is 3.52. The summed E-state index contributed by atoms with van der Waals surface area (Å²) in [6, 6.07) is 7.86. The molecule has 6 heteroatoms. The van der Waals surface area contributed by atoms with Gasteiger partial charge in [-0.15, -0.1) is 0 Å². The monoisotopic (exact) mass is 286 g/mol. The molecule has 6 nitrogen and oxygen atoms in total. The van der Waals surface area contributed by atoms with Gasteiger partial charge >= 0.3 is 11.7 Å². The number of aromatic nitrogens is 2. The zero-order valence-corrected chi connectivity index (χ0v) is 11.6. The van der Waals surface area contributed by atoms with E-state index in [1.165, 1.54) is 16.7 Å². The van der Waals surface area contributed by atoms with Gasteiger partial charge in [0, 0.05) is 0 Å². The van der Waals surface area contributed by atoms with Crippen LogP contribution in [-0.4, -0.2) is 20.6 Å². The fourth-order valence-electron chi connectivity index (χ4n) is 2.44. The van der Waals surface area contributed by atoms with Crippen molar-refractivity contribution in [3.8, 4) is 0 Å². The van der Waals surface area contributed by atoms with Crippen LogP contribution in [-0.2, 0) is 0 Å². The third-order valence-corrected chi connectivity index (χ3v) is 3.52. The molecular weight excluding hydrogens is 272 g/mol. The molecule has 0 aliphatic carbocycles. The summed E-state index contributed by atoms with van der Waals surface area (Å²) in [5.41, 5.74) is 0.980. The number of benzene rings is 1. The number of aromatic carboxylic acids is 1. The van der Waals surface area contributed by atoms with Gasteiger partial charge in [-0.05, 0) is 44.2 Å². The molecule has 1 atom stereocenters. The number of H-pyrrole nitrogens is 1. The summed E-state index contributed by atoms with van der Waals surface area (Å²) in [6.07, 6.45) is 0. The van der Waals surface area contributed by atoms with E-state index >= 15 is 0 Å². The Balaban J connectivity index is 2.21. The molecule has 0 radical (unpaired) electrons. The van der Waals surface area contributed by atoms with E-state index in [4.69, 9.17) is 9.52 Å². The minimum absolute atomic E-state index is 0.137. The van der Waals surface area contributed by atoms with Crippen molar-refractivity contribution in [3.63, 3.8) is 0 Å². The van der Waals surface area contributed by atoms with E-state index in [2.05, 4.69) is 4.98 Å². The molecule has 21 heavy (non-hydrogen) atoms. The number of aromatic amines is 1. The van der Waals surface area contributed by atoms with Gasteiger partial charge in [-0.25, -0.2) is 9.59 Å². The van der Waals surface area contributed by atoms with Gasteiger partial charge in [-0.1, -0.05) is 0 Å². The molecule has 0 amide bonds. The highest BCUT2D eigenvalue weighted by atomic mass is 16.4. The number of aryl methyl sites for hydroxylation is 1. The second-order valence-electron chi connectivity index (χ2n) is 4.96. The Kier molecular flexibility index (Phi) is 2.94. The maximum Gasteiger partial charge on any atom is 0.335 e. The van der Waals surface area contributed by atoms with E-state index < -0.39 is 5.97 Å². The molecule has 2 aromatic heterocycles. The largest absolute Gasteiger partial charge is 0.478 e. The van der Waals surface area contributed by atoms with E-state index in [9.17, 15) is 9.59 Å². The SMILES string of the molecule is Cc1ccc(C(C)n2c(=O)[nH]c3ccc(C(=O)O)cc32)o1. The van der Waals surface area contributed by atoms with E-state index in [1.54, 1.807) is 6.07 Å². The summed E-state index contributed by atoms with van der Waals surface area (Å²) in [5, 5.41) is 9.08. The van der Waals surface area contributed by atoms with Crippen LogP contribution >= 0.6 is 0 Å². The predicted octanol–water partition coefficient (Wildman–Crippen LogP) is 2.54. The highest BCUT2D eigenvalue weighted by molar-refractivity contribution is 5.92. The number of carboxylic acids is 1. The van der Waals surface area contributed by atoms with Crippen molar-refractivity contribution >= 4 is 17.0 Å². The van der Waals surface area contributed by atoms with Crippen LogP contribution in [0.1, 0.15) is 34.8 Å². The van der Waals surface area contributed by atoms with Gasteiger partial charge in [0.25, 0.3) is 0 Å². The smallest absolute Gasteiger partial charge is 0.335 e. The van der Waals surface area contributed by atoms with Crippen LogP contribution < -0.4 is 5.69 Å². The molecule has 3 rings (SSSR count). The molecule has 0 saturated heterocycles. The molecule has 0 aliphatic rings. The molecular formula is C15H14N2O4. The van der Waals surface area contributed by atoms with E-state index in [-0.39, 0.29) is 17.3 Å². The Labute approximate surface area is 119 Å². The Morgan fingerprint density at radius 1 is 1.33 bits per heavy atom. The summed E-state index contributed by atoms with van der Waals surface area (Å²) in [4.78, 5) is 26.0. The lowest BCUT2D eigenvalue weighted by Gasteiger charge is -2.11. The van der Waals surface area contributed by atoms with Crippen LogP contribution in [0.5, 0.6) is 0 Å². The molecule has 2 heterocycles. The van der Waals surface area contributed by atoms with Gasteiger partial charge in [0.2, 0.25) is 0 Å². The van der Waals surface area contributed by atoms with Crippen molar-refractivity contribution in [2.45, 2.75) is 19.9 Å². The summed E-state index contributed by atoms with van der Waals surface area (Å²) in [7, 11) is 0. The summed E-state index contributed by atoms with van der Waals surface area (Å²) < 4.78 is 7.06. The van der Waals surface area contributed by atoms with E-state index in [1.807, 2.05) is 26.0 Å². The van der Waals surface area contributed by atoms with Crippen LogP contribution in [0, 0.1) is 6.92 Å². The highest BCUT2D eigenvalue weighted by Crippen LogP contribution is 2.23. The summed E-state index contributed by atoms with van der Waals surface area (Å²) >= 11 is 0. The average molecular weight is 286 g/mol. The molecule has 3 aromatic rings. The maximum absolute atomic E-state index is 12.2. The minimum Gasteiger partial charge on any atom is -0.478 e. The van der Waals surface area contributed by atoms with Gasteiger partial charge in [-0.3, -0.25) is 4.57 Å². The first kappa shape index (κ1) is 13.2. The summed E-state index contributed by atoms with van der Waals surface area (Å²) in [6.45, 7) is 3.66. The average Bonchev–Trinajstić information content (AvgIpc) is 3.00. The van der Waals surface area contributed by atoms with E-state index in [0.717, 1.165) is 5.76 Å². The van der Waals surface area contributed by atoms with Gasteiger partial charge in [0.15, 0.2) is 0 Å². The normalized spacial score (nSPS) is 12.7. The van der Waals surface area contributed by atoms with Crippen molar-refractivity contribution < 1.29 is 14.3 Å². The molecule has 2 N–H and O–H groups in total. The molecule has 1 unspecified atom stereocenters. The molecule has 0 saturated carbocycles. The number of carboxylic acid groups (broad SMARTS) is 1. The molecule has 0 spiro atoms. The third kappa shape index (κ3) is 2.14. The lowest BCUT2D eigenvalue weighted by atomic mass is 10.2. The second kappa shape index (κ2) is 4.66. The quantitative estimate of drug-likeness (QED) is 0.774. The maximum atomic E-state index is 12.2. The second-order valence-corrected chi connectivity index (χ2v) is 4.96. The van der Waals surface area contributed by atoms with Gasteiger partial charge in [0.05, 0.1) is 22.6 Å². The number of nitrogens with one attached hydrogen (secondary N) is 1. The predicted molar refractivity (Wildman–Crippen MR) is 76.8 cm³/mol. The summed E-state index contributed by atoms with van der Waals surface area (Å²) in [5.74, 6) is 0.380. The fourth-order valence-corrected chi connectivity index (χ4v) is 2.44. The number of carbonyl (C=O) groups is 1. The first-order valence-corrected chi connectivity index (χ1v) is 6.51. The van der Waals surface area contributed by atoms with Gasteiger partial charge in [-0.2, -0.15) is 0 Å². The number of imidazole rings is 1. The molecule has 0 aliphatic heterocycles. The lowest BCUT2D eigenvalue weighted by molar-refractivity contribution is 0.0697. The van der Waals surface area contributed by atoms with Crippen LogP contribution in [0.25, 0.3) is 11.0 Å². The topological polar surface area (TPSA) is 88.2 Å². The van der Waals surface area contributed by atoms with Crippen LogP contribution in [0.15, 0.2) is 39.5 Å². The number of furan rings is 1. The van der Waals surface area contributed by atoms with Crippen molar-refractivity contribution in [2.24, 2.45) is 0 Å². The Morgan fingerprint density at radius 3 is 2.71 bits per heavy atom. The van der Waals surface area contributed by atoms with Crippen molar-refractivity contribution in [1.29, 1.82) is 0 Å². The minimum atomic E-state index is -1.03. The van der Waals surface area contributed by atoms with Crippen LogP contribution in [0.3, 0.4) is 0 Å². The van der Waals surface area contributed by atoms with Crippen LogP contribution in [0.4, 0.5) is 0 Å². The van der Waals surface area contributed by atoms with Crippen molar-refractivity contribution in [1.82, 2.24) is 9.55 Å². The van der Waals surface area contributed by atoms with Gasteiger partial charge in [0.1, 0.15) is 11.5 Å². The fraction of sp³-hybridized carbons (Fsp3) is 0.200. The first-order chi connectivity index (χ1) is 9.97. The standard InChI is InChI=1S/C15H14N2O4/c1-8-3-6-13(21-8)9(2)17-12-7-10(14(18)19)4-5-11(12)16-15(17)20/h3-7,9H,1-2H3,(H,16,20)(H,18,19). The number of rotatable bonds is 3. The Hall–Kier alpha value is -2.76. The molecule has 0 fully saturated rings. The molecule has 108 valence electrons. The highest BCUT2D eigenvalue weighted by Gasteiger charge is 2.18. The number of hydrogen-bond donors (Lipinski definition) is 2.